The van der Waals surface area contributed by atoms with Crippen LogP contribution in [0.4, 0.5) is 10.5 Å². The largest absolute Gasteiger partial charge is 0.333 e. The molecule has 9 heteroatoms. The van der Waals surface area contributed by atoms with Crippen molar-refractivity contribution < 1.29 is 13.2 Å². The number of hydrogen-bond acceptors (Lipinski definition) is 5. The van der Waals surface area contributed by atoms with E-state index in [1.165, 1.54) is 11.1 Å². The molecule has 3 aliphatic rings. The van der Waals surface area contributed by atoms with Gasteiger partial charge in [-0.1, -0.05) is 6.07 Å². The molecule has 2 aliphatic carbocycles. The van der Waals surface area contributed by atoms with Crippen LogP contribution in [0, 0.1) is 0 Å². The van der Waals surface area contributed by atoms with Gasteiger partial charge in [0.25, 0.3) is 10.0 Å². The molecule has 1 saturated heterocycles. The second-order valence-corrected chi connectivity index (χ2v) is 10.5. The molecule has 0 saturated carbocycles. The Morgan fingerprint density at radius 2 is 1.68 bits per heavy atom. The lowest BCUT2D eigenvalue weighted by atomic mass is 9.99. The Balaban J connectivity index is 1.36. The number of aromatic nitrogens is 2. The molecular formula is C22H29N5O3S. The van der Waals surface area contributed by atoms with E-state index in [0.717, 1.165) is 80.5 Å². The third-order valence-electron chi connectivity index (χ3n) is 6.97. The van der Waals surface area contributed by atoms with E-state index in [1.807, 2.05) is 6.92 Å². The highest BCUT2D eigenvalue weighted by Crippen LogP contribution is 2.38. The number of carbonyl (C=O) groups is 1. The Kier molecular flexibility index (Phi) is 5.05. The van der Waals surface area contributed by atoms with Crippen LogP contribution in [0.5, 0.6) is 0 Å². The summed E-state index contributed by atoms with van der Waals surface area (Å²) in [6, 6.07) is 3.20. The zero-order chi connectivity index (χ0) is 21.8. The molecule has 31 heavy (non-hydrogen) atoms. The molecule has 1 aromatic carbocycles. The van der Waals surface area contributed by atoms with Crippen molar-refractivity contribution in [2.45, 2.75) is 62.9 Å². The van der Waals surface area contributed by atoms with E-state index in [1.54, 1.807) is 17.8 Å². The zero-order valence-corrected chi connectivity index (χ0v) is 18.9. The van der Waals surface area contributed by atoms with Crippen LogP contribution >= 0.6 is 0 Å². The molecule has 1 fully saturated rings. The number of benzene rings is 1. The van der Waals surface area contributed by atoms with Crippen LogP contribution in [0.3, 0.4) is 0 Å². The first-order chi connectivity index (χ1) is 14.8. The zero-order valence-electron chi connectivity index (χ0n) is 18.1. The predicted octanol–water partition coefficient (Wildman–Crippen LogP) is 2.67. The molecule has 1 aromatic heterocycles. The third kappa shape index (κ3) is 3.63. The standard InChI is InChI=1S/C22H29N5O3S/c1-14(27-10-5-11-27)19-13-20(24-26(19)2)31(29,30)25-22(28)23-21-17-8-3-6-15(17)12-16-7-4-9-18(16)21/h12-14H,3-11H2,1-2H3,(H2,23,25,28)/t14-/m1/s1. The van der Waals surface area contributed by atoms with E-state index in [9.17, 15) is 13.2 Å². The highest BCUT2D eigenvalue weighted by atomic mass is 32.2. The molecule has 0 bridgehead atoms. The summed E-state index contributed by atoms with van der Waals surface area (Å²) in [7, 11) is -2.33. The number of anilines is 1. The summed E-state index contributed by atoms with van der Waals surface area (Å²) >= 11 is 0. The fraction of sp³-hybridized carbons (Fsp3) is 0.545. The summed E-state index contributed by atoms with van der Waals surface area (Å²) < 4.78 is 29.5. The van der Waals surface area contributed by atoms with E-state index in [-0.39, 0.29) is 11.1 Å². The number of sulfonamides is 1. The van der Waals surface area contributed by atoms with Gasteiger partial charge in [0.2, 0.25) is 0 Å². The number of nitrogens with one attached hydrogen (secondary N) is 2. The van der Waals surface area contributed by atoms with Crippen LogP contribution in [-0.2, 0) is 42.8 Å². The van der Waals surface area contributed by atoms with Crippen LogP contribution in [0.25, 0.3) is 0 Å². The van der Waals surface area contributed by atoms with Crippen LogP contribution in [-0.4, -0.2) is 42.2 Å². The Bertz CT molecular complexity index is 1120. The number of nitrogens with zero attached hydrogens (tertiary/aromatic N) is 3. The number of amides is 2. The smallest absolute Gasteiger partial charge is 0.307 e. The van der Waals surface area contributed by atoms with E-state index in [0.29, 0.717) is 0 Å². The normalized spacial score (nSPS) is 18.9. The molecule has 1 aliphatic heterocycles. The molecule has 2 N–H and O–H groups in total. The lowest BCUT2D eigenvalue weighted by molar-refractivity contribution is 0.123. The maximum absolute atomic E-state index is 12.9. The van der Waals surface area contributed by atoms with Crippen LogP contribution in [0.2, 0.25) is 0 Å². The summed E-state index contributed by atoms with van der Waals surface area (Å²) in [4.78, 5) is 15.0. The first-order valence-corrected chi connectivity index (χ1v) is 12.6. The van der Waals surface area contributed by atoms with Crippen molar-refractivity contribution in [3.8, 4) is 0 Å². The molecule has 2 amide bonds. The molecule has 166 valence electrons. The highest BCUT2D eigenvalue weighted by molar-refractivity contribution is 7.90. The average molecular weight is 444 g/mol. The SMILES string of the molecule is C[C@H](c1cc(S(=O)(=O)NC(=O)Nc2c3c(cc4c2CCC4)CCC3)nn1C)N1CCC1. The number of hydrogen-bond donors (Lipinski definition) is 2. The van der Waals surface area contributed by atoms with E-state index >= 15 is 0 Å². The lowest BCUT2D eigenvalue weighted by Crippen LogP contribution is -2.39. The van der Waals surface area contributed by atoms with Gasteiger partial charge >= 0.3 is 6.03 Å². The lowest BCUT2D eigenvalue weighted by Gasteiger charge is -2.36. The van der Waals surface area contributed by atoms with Gasteiger partial charge < -0.3 is 5.32 Å². The van der Waals surface area contributed by atoms with E-state index in [2.05, 4.69) is 26.1 Å². The molecule has 2 heterocycles. The predicted molar refractivity (Wildman–Crippen MR) is 118 cm³/mol. The quantitative estimate of drug-likeness (QED) is 0.741. The third-order valence-corrected chi connectivity index (χ3v) is 8.18. The van der Waals surface area contributed by atoms with Gasteiger partial charge in [0.05, 0.1) is 5.69 Å². The minimum atomic E-state index is -4.07. The maximum Gasteiger partial charge on any atom is 0.333 e. The van der Waals surface area contributed by atoms with Gasteiger partial charge in [-0.3, -0.25) is 9.58 Å². The molecule has 0 unspecified atom stereocenters. The van der Waals surface area contributed by atoms with E-state index < -0.39 is 16.1 Å². The van der Waals surface area contributed by atoms with Crippen molar-refractivity contribution in [3.05, 3.63) is 40.1 Å². The monoisotopic (exact) mass is 443 g/mol. The van der Waals surface area contributed by atoms with Crippen LogP contribution in [0.1, 0.15) is 60.2 Å². The highest BCUT2D eigenvalue weighted by Gasteiger charge is 2.29. The fourth-order valence-electron chi connectivity index (χ4n) is 5.17. The van der Waals surface area contributed by atoms with Crippen LogP contribution < -0.4 is 10.0 Å². The number of rotatable bonds is 5. The molecule has 8 nitrogen and oxygen atoms in total. The Hall–Kier alpha value is -2.39. The Morgan fingerprint density at radius 3 is 2.26 bits per heavy atom. The number of carbonyl (C=O) groups excluding carboxylic acids is 1. The molecule has 5 rings (SSSR count). The second-order valence-electron chi connectivity index (χ2n) is 8.89. The van der Waals surface area contributed by atoms with Crippen molar-refractivity contribution in [2.75, 3.05) is 18.4 Å². The minimum Gasteiger partial charge on any atom is -0.307 e. The van der Waals surface area contributed by atoms with Gasteiger partial charge in [0.15, 0.2) is 5.03 Å². The molecule has 1 atom stereocenters. The summed E-state index contributed by atoms with van der Waals surface area (Å²) in [5.41, 5.74) is 6.54. The maximum atomic E-state index is 12.9. The van der Waals surface area contributed by atoms with Gasteiger partial charge in [0.1, 0.15) is 0 Å². The van der Waals surface area contributed by atoms with Gasteiger partial charge in [-0.25, -0.2) is 9.52 Å². The first-order valence-electron chi connectivity index (χ1n) is 11.1. The number of urea groups is 1. The summed E-state index contributed by atoms with van der Waals surface area (Å²) in [6.45, 7) is 4.05. The number of fused-ring (bicyclic) bond motifs is 2. The fourth-order valence-corrected chi connectivity index (χ4v) is 6.08. The first kappa shape index (κ1) is 20.5. The van der Waals surface area contributed by atoms with Gasteiger partial charge in [-0.2, -0.15) is 13.5 Å². The topological polar surface area (TPSA) is 96.3 Å². The summed E-state index contributed by atoms with van der Waals surface area (Å²) in [5, 5.41) is 6.93. The summed E-state index contributed by atoms with van der Waals surface area (Å²) in [5.74, 6) is 0. The minimum absolute atomic E-state index is 0.0820. The second kappa shape index (κ2) is 7.63. The van der Waals surface area contributed by atoms with Crippen molar-refractivity contribution in [3.63, 3.8) is 0 Å². The van der Waals surface area contributed by atoms with Gasteiger partial charge in [0, 0.05) is 37.9 Å². The number of aryl methyl sites for hydroxylation is 3. The summed E-state index contributed by atoms with van der Waals surface area (Å²) in [6.07, 6.45) is 7.16. The Morgan fingerprint density at radius 1 is 1.03 bits per heavy atom. The van der Waals surface area contributed by atoms with Crippen molar-refractivity contribution >= 4 is 21.7 Å². The van der Waals surface area contributed by atoms with Crippen molar-refractivity contribution in [1.82, 2.24) is 19.4 Å². The van der Waals surface area contributed by atoms with Crippen molar-refractivity contribution in [1.29, 1.82) is 0 Å². The molecule has 0 spiro atoms. The Labute approximate surface area is 183 Å². The molecule has 0 radical (unpaired) electrons. The van der Waals surface area contributed by atoms with E-state index in [4.69, 9.17) is 0 Å². The number of likely N-dealkylation sites (tertiary alicyclic amines) is 1. The van der Waals surface area contributed by atoms with Gasteiger partial charge in [-0.15, -0.1) is 0 Å². The average Bonchev–Trinajstić information content (AvgIpc) is 3.38. The van der Waals surface area contributed by atoms with Crippen LogP contribution in [0.15, 0.2) is 17.2 Å². The van der Waals surface area contributed by atoms with Crippen molar-refractivity contribution in [2.24, 2.45) is 7.05 Å². The molecular weight excluding hydrogens is 414 g/mol. The van der Waals surface area contributed by atoms with Gasteiger partial charge in [-0.05, 0) is 74.1 Å². The molecule has 2 aromatic rings.